The standard InChI is InChI=1S/C14H22N2O3S/c1-3-6-13(15)14(17)16-9-11-7-4-5-8-12(11)10-20(2,18)19/h4-5,7-8,13H,3,6,9-10,15H2,1-2H3,(H,16,17). The Bertz CT molecular complexity index is 555. The minimum absolute atomic E-state index is 0.0277. The largest absolute Gasteiger partial charge is 0.351 e. The Morgan fingerprint density at radius 3 is 2.45 bits per heavy atom. The predicted octanol–water partition coefficient (Wildman–Crippen LogP) is 0.975. The van der Waals surface area contributed by atoms with Crippen molar-refractivity contribution in [2.24, 2.45) is 5.73 Å². The highest BCUT2D eigenvalue weighted by Gasteiger charge is 2.13. The van der Waals surface area contributed by atoms with Crippen LogP contribution in [0.3, 0.4) is 0 Å². The third-order valence-corrected chi connectivity index (χ3v) is 3.76. The third-order valence-electron chi connectivity index (χ3n) is 2.93. The van der Waals surface area contributed by atoms with Crippen LogP contribution in [-0.2, 0) is 26.9 Å². The van der Waals surface area contributed by atoms with Gasteiger partial charge in [-0.25, -0.2) is 8.42 Å². The van der Waals surface area contributed by atoms with Crippen LogP contribution in [0.15, 0.2) is 24.3 Å². The molecule has 112 valence electrons. The molecule has 1 amide bonds. The number of hydrogen-bond donors (Lipinski definition) is 2. The molecule has 0 saturated carbocycles. The smallest absolute Gasteiger partial charge is 0.237 e. The van der Waals surface area contributed by atoms with Crippen LogP contribution in [0.1, 0.15) is 30.9 Å². The maximum atomic E-state index is 11.7. The maximum Gasteiger partial charge on any atom is 0.237 e. The molecule has 1 aromatic rings. The zero-order valence-electron chi connectivity index (χ0n) is 11.9. The summed E-state index contributed by atoms with van der Waals surface area (Å²) in [6.45, 7) is 2.26. The van der Waals surface area contributed by atoms with E-state index in [1.807, 2.05) is 19.1 Å². The van der Waals surface area contributed by atoms with Gasteiger partial charge in [0.25, 0.3) is 0 Å². The molecule has 1 aromatic carbocycles. The first kappa shape index (κ1) is 16.7. The average molecular weight is 298 g/mol. The molecule has 0 aliphatic carbocycles. The van der Waals surface area contributed by atoms with E-state index in [4.69, 9.17) is 5.73 Å². The van der Waals surface area contributed by atoms with Crippen molar-refractivity contribution in [2.75, 3.05) is 6.26 Å². The van der Waals surface area contributed by atoms with Crippen LogP contribution in [0.5, 0.6) is 0 Å². The van der Waals surface area contributed by atoms with Crippen molar-refractivity contribution in [3.05, 3.63) is 35.4 Å². The fraction of sp³-hybridized carbons (Fsp3) is 0.500. The quantitative estimate of drug-likeness (QED) is 0.785. The summed E-state index contributed by atoms with van der Waals surface area (Å²) in [7, 11) is -3.10. The second-order valence-electron chi connectivity index (χ2n) is 4.95. The van der Waals surface area contributed by atoms with E-state index < -0.39 is 15.9 Å². The molecule has 0 radical (unpaired) electrons. The Hall–Kier alpha value is -1.40. The van der Waals surface area contributed by atoms with E-state index in [1.54, 1.807) is 12.1 Å². The lowest BCUT2D eigenvalue weighted by Crippen LogP contribution is -2.40. The van der Waals surface area contributed by atoms with Gasteiger partial charge in [-0.15, -0.1) is 0 Å². The van der Waals surface area contributed by atoms with Crippen LogP contribution in [-0.4, -0.2) is 26.6 Å². The average Bonchev–Trinajstić information content (AvgIpc) is 2.35. The number of benzene rings is 1. The van der Waals surface area contributed by atoms with Crippen molar-refractivity contribution >= 4 is 15.7 Å². The molecule has 6 heteroatoms. The number of nitrogens with two attached hydrogens (primary N) is 1. The monoisotopic (exact) mass is 298 g/mol. The first-order valence-electron chi connectivity index (χ1n) is 6.61. The topological polar surface area (TPSA) is 89.3 Å². The summed E-state index contributed by atoms with van der Waals surface area (Å²) in [6, 6.07) is 6.66. The highest BCUT2D eigenvalue weighted by atomic mass is 32.2. The second kappa shape index (κ2) is 7.40. The number of carbonyl (C=O) groups excluding carboxylic acids is 1. The molecule has 0 aromatic heterocycles. The first-order valence-corrected chi connectivity index (χ1v) is 8.67. The van der Waals surface area contributed by atoms with Gasteiger partial charge in [-0.05, 0) is 17.5 Å². The van der Waals surface area contributed by atoms with Crippen LogP contribution >= 0.6 is 0 Å². The van der Waals surface area contributed by atoms with Gasteiger partial charge in [0.05, 0.1) is 11.8 Å². The Morgan fingerprint density at radius 1 is 1.30 bits per heavy atom. The van der Waals surface area contributed by atoms with E-state index in [1.165, 1.54) is 6.26 Å². The van der Waals surface area contributed by atoms with Crippen LogP contribution in [0.4, 0.5) is 0 Å². The zero-order valence-corrected chi connectivity index (χ0v) is 12.7. The highest BCUT2D eigenvalue weighted by Crippen LogP contribution is 2.12. The Morgan fingerprint density at radius 2 is 1.90 bits per heavy atom. The van der Waals surface area contributed by atoms with E-state index >= 15 is 0 Å². The molecule has 1 unspecified atom stereocenters. The Kier molecular flexibility index (Phi) is 6.16. The van der Waals surface area contributed by atoms with Gasteiger partial charge in [0.2, 0.25) is 5.91 Å². The molecule has 1 rings (SSSR count). The predicted molar refractivity (Wildman–Crippen MR) is 79.7 cm³/mol. The first-order chi connectivity index (χ1) is 9.33. The number of hydrogen-bond acceptors (Lipinski definition) is 4. The summed E-state index contributed by atoms with van der Waals surface area (Å²) in [5, 5.41) is 2.75. The number of rotatable bonds is 7. The van der Waals surface area contributed by atoms with Crippen molar-refractivity contribution in [3.8, 4) is 0 Å². The summed E-state index contributed by atoms with van der Waals surface area (Å²) in [4.78, 5) is 11.7. The summed E-state index contributed by atoms with van der Waals surface area (Å²) >= 11 is 0. The molecule has 0 bridgehead atoms. The van der Waals surface area contributed by atoms with Gasteiger partial charge in [0.15, 0.2) is 9.84 Å². The molecule has 0 fully saturated rings. The van der Waals surface area contributed by atoms with Gasteiger partial charge in [-0.1, -0.05) is 37.6 Å². The van der Waals surface area contributed by atoms with Gasteiger partial charge in [0, 0.05) is 12.8 Å². The third kappa shape index (κ3) is 5.71. The van der Waals surface area contributed by atoms with Gasteiger partial charge in [0.1, 0.15) is 0 Å². The molecule has 5 nitrogen and oxygen atoms in total. The minimum atomic E-state index is -3.10. The van der Waals surface area contributed by atoms with Crippen molar-refractivity contribution < 1.29 is 13.2 Å². The minimum Gasteiger partial charge on any atom is -0.351 e. The molecule has 20 heavy (non-hydrogen) atoms. The van der Waals surface area contributed by atoms with E-state index in [0.717, 1.165) is 12.0 Å². The van der Waals surface area contributed by atoms with Crippen molar-refractivity contribution in [3.63, 3.8) is 0 Å². The molecule has 0 aliphatic heterocycles. The fourth-order valence-corrected chi connectivity index (χ4v) is 2.76. The van der Waals surface area contributed by atoms with E-state index in [9.17, 15) is 13.2 Å². The molecular formula is C14H22N2O3S. The van der Waals surface area contributed by atoms with E-state index in [0.29, 0.717) is 18.5 Å². The number of carbonyl (C=O) groups is 1. The number of amides is 1. The Balaban J connectivity index is 2.71. The Labute approximate surface area is 120 Å². The van der Waals surface area contributed by atoms with Crippen LogP contribution in [0.25, 0.3) is 0 Å². The molecule has 1 atom stereocenters. The van der Waals surface area contributed by atoms with Gasteiger partial charge < -0.3 is 11.1 Å². The van der Waals surface area contributed by atoms with Crippen molar-refractivity contribution in [1.82, 2.24) is 5.32 Å². The van der Waals surface area contributed by atoms with Gasteiger partial charge >= 0.3 is 0 Å². The van der Waals surface area contributed by atoms with Crippen LogP contribution in [0, 0.1) is 0 Å². The molecule has 0 aliphatic rings. The molecule has 0 spiro atoms. The number of sulfone groups is 1. The van der Waals surface area contributed by atoms with Gasteiger partial charge in [-0.2, -0.15) is 0 Å². The lowest BCUT2D eigenvalue weighted by atomic mass is 10.1. The molecular weight excluding hydrogens is 276 g/mol. The normalized spacial score (nSPS) is 12.9. The molecule has 0 heterocycles. The second-order valence-corrected chi connectivity index (χ2v) is 7.09. The SMILES string of the molecule is CCCC(N)C(=O)NCc1ccccc1CS(C)(=O)=O. The number of nitrogens with one attached hydrogen (secondary N) is 1. The van der Waals surface area contributed by atoms with E-state index in [2.05, 4.69) is 5.32 Å². The van der Waals surface area contributed by atoms with Crippen LogP contribution < -0.4 is 11.1 Å². The lowest BCUT2D eigenvalue weighted by molar-refractivity contribution is -0.122. The van der Waals surface area contributed by atoms with Crippen molar-refractivity contribution in [1.29, 1.82) is 0 Å². The van der Waals surface area contributed by atoms with Crippen LogP contribution in [0.2, 0.25) is 0 Å². The molecule has 3 N–H and O–H groups in total. The summed E-state index contributed by atoms with van der Waals surface area (Å²) in [5.41, 5.74) is 7.23. The van der Waals surface area contributed by atoms with E-state index in [-0.39, 0.29) is 11.7 Å². The van der Waals surface area contributed by atoms with Gasteiger partial charge in [-0.3, -0.25) is 4.79 Å². The zero-order chi connectivity index (χ0) is 15.2. The maximum absolute atomic E-state index is 11.7. The van der Waals surface area contributed by atoms with Crippen molar-refractivity contribution in [2.45, 2.75) is 38.1 Å². The fourth-order valence-electron chi connectivity index (χ4n) is 1.91. The highest BCUT2D eigenvalue weighted by molar-refractivity contribution is 7.89. The summed E-state index contributed by atoms with van der Waals surface area (Å²) in [5.74, 6) is -0.235. The lowest BCUT2D eigenvalue weighted by Gasteiger charge is -2.13. The summed E-state index contributed by atoms with van der Waals surface area (Å²) < 4.78 is 22.8. The summed E-state index contributed by atoms with van der Waals surface area (Å²) in [6.07, 6.45) is 2.68. The molecule has 0 saturated heterocycles.